The van der Waals surface area contributed by atoms with Crippen molar-refractivity contribution in [3.05, 3.63) is 35.6 Å². The minimum atomic E-state index is 0.213. The Morgan fingerprint density at radius 1 is 1.40 bits per heavy atom. The van der Waals surface area contributed by atoms with Crippen LogP contribution < -0.4 is 0 Å². The second kappa shape index (κ2) is 1.90. The summed E-state index contributed by atoms with van der Waals surface area (Å²) in [7, 11) is 0. The zero-order valence-electron chi connectivity index (χ0n) is 5.78. The van der Waals surface area contributed by atoms with Crippen LogP contribution in [0, 0.1) is 0 Å². The van der Waals surface area contributed by atoms with Crippen LogP contribution in [0.5, 0.6) is 0 Å². The molecule has 50 valence electrons. The molecule has 1 aliphatic carbocycles. The first kappa shape index (κ1) is 5.59. The van der Waals surface area contributed by atoms with Crippen LogP contribution in [-0.4, -0.2) is 6.04 Å². The summed E-state index contributed by atoms with van der Waals surface area (Å²) in [4.78, 5) is 0. The van der Waals surface area contributed by atoms with Gasteiger partial charge < -0.3 is 0 Å². The summed E-state index contributed by atoms with van der Waals surface area (Å²) in [6.45, 7) is 2.07. The van der Waals surface area contributed by atoms with Gasteiger partial charge in [-0.25, -0.2) is 0 Å². The lowest BCUT2D eigenvalue weighted by molar-refractivity contribution is 0.935. The molecular weight excluding hydrogens is 124 g/mol. The summed E-state index contributed by atoms with van der Waals surface area (Å²) in [6.07, 6.45) is 8.07. The topological polar surface area (TPSA) is 24.7 Å². The van der Waals surface area contributed by atoms with Crippen molar-refractivity contribution in [2.45, 2.75) is 13.0 Å². The van der Waals surface area contributed by atoms with E-state index in [0.29, 0.717) is 0 Å². The first-order valence-electron chi connectivity index (χ1n) is 3.33. The van der Waals surface area contributed by atoms with E-state index in [2.05, 4.69) is 35.4 Å². The van der Waals surface area contributed by atoms with Gasteiger partial charge in [0.1, 0.15) is 6.04 Å². The molecular formula is C8H8N2. The van der Waals surface area contributed by atoms with Crippen molar-refractivity contribution in [1.82, 2.24) is 0 Å². The summed E-state index contributed by atoms with van der Waals surface area (Å²) in [5, 5.41) is 7.84. The van der Waals surface area contributed by atoms with E-state index >= 15 is 0 Å². The molecule has 2 heteroatoms. The Labute approximate surface area is 59.7 Å². The molecule has 0 radical (unpaired) electrons. The molecule has 2 nitrogen and oxygen atoms in total. The van der Waals surface area contributed by atoms with Crippen molar-refractivity contribution in [3.63, 3.8) is 0 Å². The third-order valence-electron chi connectivity index (χ3n) is 1.70. The Morgan fingerprint density at radius 2 is 2.30 bits per heavy atom. The van der Waals surface area contributed by atoms with E-state index in [4.69, 9.17) is 0 Å². The predicted molar refractivity (Wildman–Crippen MR) is 39.6 cm³/mol. The quantitative estimate of drug-likeness (QED) is 0.482. The minimum absolute atomic E-state index is 0.213. The highest BCUT2D eigenvalue weighted by molar-refractivity contribution is 5.41. The lowest BCUT2D eigenvalue weighted by Gasteiger charge is -2.07. The maximum absolute atomic E-state index is 4.01. The molecule has 0 amide bonds. The lowest BCUT2D eigenvalue weighted by Crippen LogP contribution is -2.02. The van der Waals surface area contributed by atoms with Crippen molar-refractivity contribution in [1.29, 1.82) is 0 Å². The second-order valence-electron chi connectivity index (χ2n) is 2.55. The third-order valence-corrected chi connectivity index (χ3v) is 1.70. The van der Waals surface area contributed by atoms with Crippen LogP contribution in [0.25, 0.3) is 0 Å². The molecule has 10 heavy (non-hydrogen) atoms. The average Bonchev–Trinajstić information content (AvgIpc) is 2.33. The highest BCUT2D eigenvalue weighted by Crippen LogP contribution is 2.23. The van der Waals surface area contributed by atoms with E-state index in [1.54, 1.807) is 0 Å². The van der Waals surface area contributed by atoms with Crippen molar-refractivity contribution in [3.8, 4) is 0 Å². The van der Waals surface area contributed by atoms with Gasteiger partial charge in [0.2, 0.25) is 0 Å². The first-order chi connectivity index (χ1) is 4.86. The van der Waals surface area contributed by atoms with E-state index in [-0.39, 0.29) is 6.04 Å². The van der Waals surface area contributed by atoms with Crippen molar-refractivity contribution >= 4 is 0 Å². The van der Waals surface area contributed by atoms with Crippen LogP contribution in [0.3, 0.4) is 0 Å². The van der Waals surface area contributed by atoms with Crippen molar-refractivity contribution in [2.24, 2.45) is 10.2 Å². The number of nitrogens with zero attached hydrogens (tertiary/aromatic N) is 2. The molecule has 1 unspecified atom stereocenters. The van der Waals surface area contributed by atoms with Gasteiger partial charge in [0.15, 0.2) is 0 Å². The van der Waals surface area contributed by atoms with Crippen LogP contribution in [-0.2, 0) is 0 Å². The number of hydrogen-bond donors (Lipinski definition) is 0. The Bertz CT molecular complexity index is 269. The van der Waals surface area contributed by atoms with Crippen LogP contribution in [0.15, 0.2) is 45.8 Å². The van der Waals surface area contributed by atoms with Gasteiger partial charge in [-0.3, -0.25) is 0 Å². The number of hydrogen-bond acceptors (Lipinski definition) is 2. The molecule has 0 bridgehead atoms. The maximum atomic E-state index is 4.01. The highest BCUT2D eigenvalue weighted by atomic mass is 15.1. The smallest absolute Gasteiger partial charge is 0.116 e. The molecule has 1 atom stereocenters. The lowest BCUT2D eigenvalue weighted by atomic mass is 10.0. The predicted octanol–water partition coefficient (Wildman–Crippen LogP) is 2.22. The number of rotatable bonds is 0. The van der Waals surface area contributed by atoms with Gasteiger partial charge in [0, 0.05) is 5.57 Å². The Hall–Kier alpha value is -1.18. The Balaban J connectivity index is 2.39. The summed E-state index contributed by atoms with van der Waals surface area (Å²) >= 11 is 0. The summed E-state index contributed by atoms with van der Waals surface area (Å²) in [5.41, 5.74) is 2.47. The zero-order valence-corrected chi connectivity index (χ0v) is 5.78. The maximum Gasteiger partial charge on any atom is 0.116 e. The molecule has 0 saturated heterocycles. The fourth-order valence-electron chi connectivity index (χ4n) is 1.12. The fourth-order valence-corrected chi connectivity index (χ4v) is 1.12. The molecule has 2 rings (SSSR count). The molecule has 0 fully saturated rings. The van der Waals surface area contributed by atoms with Gasteiger partial charge in [-0.2, -0.15) is 10.2 Å². The standard InChI is InChI=1S/C8H8N2/c1-6-2-3-7-5-9-10-8(7)4-6/h2-5,8H,1H3. The molecule has 1 heterocycles. The van der Waals surface area contributed by atoms with E-state index in [1.807, 2.05) is 6.20 Å². The van der Waals surface area contributed by atoms with Gasteiger partial charge >= 0.3 is 0 Å². The molecule has 1 aliphatic heterocycles. The number of fused-ring (bicyclic) bond motifs is 1. The van der Waals surface area contributed by atoms with Gasteiger partial charge in [0.05, 0.1) is 6.20 Å². The average molecular weight is 132 g/mol. The van der Waals surface area contributed by atoms with Crippen LogP contribution in [0.4, 0.5) is 0 Å². The van der Waals surface area contributed by atoms with Gasteiger partial charge in [-0.05, 0) is 6.92 Å². The van der Waals surface area contributed by atoms with Crippen LogP contribution in [0.2, 0.25) is 0 Å². The second-order valence-corrected chi connectivity index (χ2v) is 2.55. The highest BCUT2D eigenvalue weighted by Gasteiger charge is 2.14. The molecule has 2 aliphatic rings. The third kappa shape index (κ3) is 0.727. The van der Waals surface area contributed by atoms with Crippen LogP contribution in [0.1, 0.15) is 6.92 Å². The van der Waals surface area contributed by atoms with Crippen molar-refractivity contribution < 1.29 is 0 Å². The number of azo groups is 1. The summed E-state index contributed by atoms with van der Waals surface area (Å²) in [5.74, 6) is 0. The molecule has 0 N–H and O–H groups in total. The van der Waals surface area contributed by atoms with Crippen molar-refractivity contribution in [2.75, 3.05) is 0 Å². The number of allylic oxidation sites excluding steroid dienone is 2. The normalized spacial score (nSPS) is 27.9. The summed E-state index contributed by atoms with van der Waals surface area (Å²) in [6, 6.07) is 0.213. The molecule has 0 aromatic carbocycles. The van der Waals surface area contributed by atoms with Gasteiger partial charge in [0.25, 0.3) is 0 Å². The molecule has 0 aromatic rings. The largest absolute Gasteiger partial charge is 0.177 e. The SMILES string of the molecule is CC1=CC2N=NC=C2C=C1. The minimum Gasteiger partial charge on any atom is -0.177 e. The monoisotopic (exact) mass is 132 g/mol. The van der Waals surface area contributed by atoms with E-state index in [0.717, 1.165) is 0 Å². The fraction of sp³-hybridized carbons (Fsp3) is 0.250. The van der Waals surface area contributed by atoms with E-state index < -0.39 is 0 Å². The Morgan fingerprint density at radius 3 is 3.20 bits per heavy atom. The van der Waals surface area contributed by atoms with Gasteiger partial charge in [-0.1, -0.05) is 23.8 Å². The molecule has 0 spiro atoms. The van der Waals surface area contributed by atoms with E-state index in [1.165, 1.54) is 11.1 Å². The molecule has 0 aromatic heterocycles. The van der Waals surface area contributed by atoms with Crippen LogP contribution >= 0.6 is 0 Å². The summed E-state index contributed by atoms with van der Waals surface area (Å²) < 4.78 is 0. The Kier molecular flexibility index (Phi) is 1.07. The first-order valence-corrected chi connectivity index (χ1v) is 3.33. The molecule has 0 saturated carbocycles. The zero-order chi connectivity index (χ0) is 6.97. The van der Waals surface area contributed by atoms with Gasteiger partial charge in [-0.15, -0.1) is 0 Å². The van der Waals surface area contributed by atoms with E-state index in [9.17, 15) is 0 Å².